The van der Waals surface area contributed by atoms with E-state index in [4.69, 9.17) is 10.5 Å². The van der Waals surface area contributed by atoms with E-state index >= 15 is 0 Å². The molecule has 23 heavy (non-hydrogen) atoms. The van der Waals surface area contributed by atoms with Crippen molar-refractivity contribution in [2.45, 2.75) is 19.3 Å². The molecule has 1 aromatic carbocycles. The van der Waals surface area contributed by atoms with Crippen molar-refractivity contribution < 1.29 is 9.59 Å². The Bertz CT molecular complexity index is 627. The van der Waals surface area contributed by atoms with Crippen LogP contribution in [0, 0.1) is 28.6 Å². The Balaban J connectivity index is 2.06. The molecular weight excluding hydrogens is 292 g/mol. The maximum atomic E-state index is 12.6. The molecule has 1 atom stereocenters. The minimum atomic E-state index is -0.417. The van der Waals surface area contributed by atoms with Gasteiger partial charge in [0.2, 0.25) is 11.8 Å². The minimum absolute atomic E-state index is 0.0740. The van der Waals surface area contributed by atoms with Gasteiger partial charge in [0, 0.05) is 31.7 Å². The first-order valence-electron chi connectivity index (χ1n) is 7.55. The van der Waals surface area contributed by atoms with Gasteiger partial charge < -0.3 is 9.80 Å². The first-order chi connectivity index (χ1) is 11.2. The first kappa shape index (κ1) is 16.5. The summed E-state index contributed by atoms with van der Waals surface area (Å²) in [5.41, 5.74) is 0.786. The van der Waals surface area contributed by atoms with E-state index in [9.17, 15) is 9.59 Å². The van der Waals surface area contributed by atoms with E-state index in [2.05, 4.69) is 0 Å². The summed E-state index contributed by atoms with van der Waals surface area (Å²) in [5.74, 6) is -0.641. The van der Waals surface area contributed by atoms with Gasteiger partial charge in [-0.15, -0.1) is 0 Å². The van der Waals surface area contributed by atoms with Crippen molar-refractivity contribution in [3.8, 4) is 12.1 Å². The summed E-state index contributed by atoms with van der Waals surface area (Å²) >= 11 is 0. The molecule has 0 aliphatic carbocycles. The second-order valence-corrected chi connectivity index (χ2v) is 5.38. The lowest BCUT2D eigenvalue weighted by molar-refractivity contribution is -0.135. The molecule has 0 spiro atoms. The molecule has 0 aromatic heterocycles. The van der Waals surface area contributed by atoms with Crippen LogP contribution >= 0.6 is 0 Å². The second kappa shape index (κ2) is 7.95. The largest absolute Gasteiger partial charge is 0.340 e. The molecule has 1 aliphatic heterocycles. The Kier molecular flexibility index (Phi) is 5.71. The highest BCUT2D eigenvalue weighted by atomic mass is 16.2. The number of para-hydroxylation sites is 1. The molecule has 0 unspecified atom stereocenters. The van der Waals surface area contributed by atoms with Crippen LogP contribution in [0.4, 0.5) is 5.69 Å². The topological polar surface area (TPSA) is 88.2 Å². The summed E-state index contributed by atoms with van der Waals surface area (Å²) in [6, 6.07) is 13.3. The molecule has 2 rings (SSSR count). The molecule has 0 radical (unpaired) electrons. The van der Waals surface area contributed by atoms with Gasteiger partial charge in [-0.2, -0.15) is 10.5 Å². The zero-order valence-electron chi connectivity index (χ0n) is 12.8. The van der Waals surface area contributed by atoms with Crippen molar-refractivity contribution >= 4 is 17.5 Å². The van der Waals surface area contributed by atoms with Crippen molar-refractivity contribution in [2.75, 3.05) is 24.5 Å². The molecule has 0 bridgehead atoms. The van der Waals surface area contributed by atoms with Crippen molar-refractivity contribution in [3.05, 3.63) is 30.3 Å². The lowest BCUT2D eigenvalue weighted by Crippen LogP contribution is -2.38. The number of nitriles is 2. The monoisotopic (exact) mass is 310 g/mol. The number of carbonyl (C=O) groups excluding carboxylic acids is 2. The molecular formula is C17H18N4O2. The van der Waals surface area contributed by atoms with Crippen LogP contribution in [0.3, 0.4) is 0 Å². The summed E-state index contributed by atoms with van der Waals surface area (Å²) < 4.78 is 0. The standard InChI is InChI=1S/C17H18N4O2/c18-8-4-10-20(11-5-9-19)17(23)14-12-16(22)21(13-14)15-6-2-1-3-7-15/h1-3,6-7,14H,4-5,10-13H2/t14-/m0/s1. The van der Waals surface area contributed by atoms with E-state index in [0.717, 1.165) is 5.69 Å². The SMILES string of the molecule is N#CCCN(CCC#N)C(=O)[C@H]1CC(=O)N(c2ccccc2)C1. The number of carbonyl (C=O) groups is 2. The van der Waals surface area contributed by atoms with E-state index in [1.807, 2.05) is 42.5 Å². The maximum Gasteiger partial charge on any atom is 0.228 e. The highest BCUT2D eigenvalue weighted by Crippen LogP contribution is 2.26. The van der Waals surface area contributed by atoms with Crippen LogP contribution in [0.25, 0.3) is 0 Å². The minimum Gasteiger partial charge on any atom is -0.340 e. The zero-order chi connectivity index (χ0) is 16.7. The molecule has 0 N–H and O–H groups in total. The van der Waals surface area contributed by atoms with Gasteiger partial charge in [-0.1, -0.05) is 18.2 Å². The first-order valence-corrected chi connectivity index (χ1v) is 7.55. The zero-order valence-corrected chi connectivity index (χ0v) is 12.8. The van der Waals surface area contributed by atoms with E-state index in [1.54, 1.807) is 4.90 Å². The normalized spacial score (nSPS) is 16.7. The molecule has 1 aliphatic rings. The Morgan fingerprint density at radius 1 is 1.17 bits per heavy atom. The molecule has 1 aromatic rings. The molecule has 0 saturated carbocycles. The fourth-order valence-corrected chi connectivity index (χ4v) is 2.69. The molecule has 1 heterocycles. The summed E-state index contributed by atoms with van der Waals surface area (Å²) in [6.07, 6.45) is 0.615. The molecule has 1 saturated heterocycles. The number of benzene rings is 1. The molecule has 6 nitrogen and oxygen atoms in total. The maximum absolute atomic E-state index is 12.6. The Labute approximate surface area is 135 Å². The van der Waals surface area contributed by atoms with Crippen molar-refractivity contribution in [3.63, 3.8) is 0 Å². The lowest BCUT2D eigenvalue weighted by atomic mass is 10.1. The summed E-state index contributed by atoms with van der Waals surface area (Å²) in [5, 5.41) is 17.4. The molecule has 1 fully saturated rings. The highest BCUT2D eigenvalue weighted by molar-refractivity contribution is 6.00. The van der Waals surface area contributed by atoms with E-state index in [1.165, 1.54) is 4.90 Å². The molecule has 2 amide bonds. The van der Waals surface area contributed by atoms with Crippen LogP contribution in [0.5, 0.6) is 0 Å². The van der Waals surface area contributed by atoms with Gasteiger partial charge in [0.05, 0.1) is 30.9 Å². The number of nitrogens with zero attached hydrogens (tertiary/aromatic N) is 4. The average molecular weight is 310 g/mol. The van der Waals surface area contributed by atoms with Crippen LogP contribution < -0.4 is 4.90 Å². The van der Waals surface area contributed by atoms with E-state index in [0.29, 0.717) is 19.6 Å². The third-order valence-corrected chi connectivity index (χ3v) is 3.84. The predicted molar refractivity (Wildman–Crippen MR) is 83.9 cm³/mol. The van der Waals surface area contributed by atoms with Crippen molar-refractivity contribution in [1.29, 1.82) is 10.5 Å². The number of hydrogen-bond donors (Lipinski definition) is 0. The second-order valence-electron chi connectivity index (χ2n) is 5.38. The van der Waals surface area contributed by atoms with Crippen LogP contribution in [0.2, 0.25) is 0 Å². The Morgan fingerprint density at radius 2 is 1.78 bits per heavy atom. The Morgan fingerprint density at radius 3 is 2.35 bits per heavy atom. The summed E-state index contributed by atoms with van der Waals surface area (Å²) in [6.45, 7) is 0.942. The molecule has 118 valence electrons. The lowest BCUT2D eigenvalue weighted by Gasteiger charge is -2.24. The van der Waals surface area contributed by atoms with E-state index in [-0.39, 0.29) is 31.1 Å². The fraction of sp³-hybridized carbons (Fsp3) is 0.412. The van der Waals surface area contributed by atoms with Crippen molar-refractivity contribution in [2.24, 2.45) is 5.92 Å². The predicted octanol–water partition coefficient (Wildman–Crippen LogP) is 1.70. The number of rotatable bonds is 6. The molecule has 6 heteroatoms. The quantitative estimate of drug-likeness (QED) is 0.800. The van der Waals surface area contributed by atoms with Gasteiger partial charge in [-0.3, -0.25) is 9.59 Å². The van der Waals surface area contributed by atoms with Gasteiger partial charge >= 0.3 is 0 Å². The third kappa shape index (κ3) is 4.08. The van der Waals surface area contributed by atoms with Crippen LogP contribution in [-0.2, 0) is 9.59 Å². The highest BCUT2D eigenvalue weighted by Gasteiger charge is 2.36. The van der Waals surface area contributed by atoms with Crippen LogP contribution in [-0.4, -0.2) is 36.3 Å². The average Bonchev–Trinajstić information content (AvgIpc) is 2.97. The van der Waals surface area contributed by atoms with E-state index < -0.39 is 5.92 Å². The van der Waals surface area contributed by atoms with Crippen LogP contribution in [0.1, 0.15) is 19.3 Å². The van der Waals surface area contributed by atoms with Gasteiger partial charge in [-0.05, 0) is 12.1 Å². The van der Waals surface area contributed by atoms with Gasteiger partial charge in [0.15, 0.2) is 0 Å². The fourth-order valence-electron chi connectivity index (χ4n) is 2.69. The number of hydrogen-bond acceptors (Lipinski definition) is 4. The summed E-state index contributed by atoms with van der Waals surface area (Å²) in [7, 11) is 0. The summed E-state index contributed by atoms with van der Waals surface area (Å²) in [4.78, 5) is 27.9. The van der Waals surface area contributed by atoms with Crippen LogP contribution in [0.15, 0.2) is 30.3 Å². The Hall–Kier alpha value is -2.86. The van der Waals surface area contributed by atoms with Crippen molar-refractivity contribution in [1.82, 2.24) is 4.90 Å². The number of amides is 2. The smallest absolute Gasteiger partial charge is 0.228 e. The van der Waals surface area contributed by atoms with Gasteiger partial charge in [-0.25, -0.2) is 0 Å². The third-order valence-electron chi connectivity index (χ3n) is 3.84. The van der Waals surface area contributed by atoms with Gasteiger partial charge in [0.25, 0.3) is 0 Å². The number of anilines is 1. The van der Waals surface area contributed by atoms with Gasteiger partial charge in [0.1, 0.15) is 0 Å².